The first-order valence-corrected chi connectivity index (χ1v) is 7.81. The number of aliphatic hydroxyl groups is 1. The maximum absolute atomic E-state index is 9.78. The Labute approximate surface area is 126 Å². The molecule has 3 atom stereocenters. The van der Waals surface area contributed by atoms with Gasteiger partial charge in [0.15, 0.2) is 0 Å². The lowest BCUT2D eigenvalue weighted by molar-refractivity contribution is 0.0338. The minimum Gasteiger partial charge on any atom is -0.393 e. The number of likely N-dealkylation sites (tertiary alicyclic amines) is 1. The van der Waals surface area contributed by atoms with Crippen molar-refractivity contribution in [3.8, 4) is 0 Å². The second-order valence-electron chi connectivity index (χ2n) is 5.79. The van der Waals surface area contributed by atoms with Crippen LogP contribution in [0.25, 0.3) is 0 Å². The van der Waals surface area contributed by atoms with Gasteiger partial charge in [0.2, 0.25) is 0 Å². The number of halogens is 1. The van der Waals surface area contributed by atoms with Crippen molar-refractivity contribution < 1.29 is 5.11 Å². The third-order valence-corrected chi connectivity index (χ3v) is 4.65. The van der Waals surface area contributed by atoms with Gasteiger partial charge in [-0.05, 0) is 44.0 Å². The molecule has 1 heterocycles. The fraction of sp³-hybridized carbons (Fsp3) is 0.625. The molecule has 0 aliphatic carbocycles. The minimum absolute atomic E-state index is 0.130. The maximum Gasteiger partial charge on any atom is 0.0590 e. The van der Waals surface area contributed by atoms with E-state index in [2.05, 4.69) is 23.2 Å². The zero-order valence-electron chi connectivity index (χ0n) is 12.3. The molecule has 2 N–H and O–H groups in total. The molecule has 1 saturated heterocycles. The molecule has 3 unspecified atom stereocenters. The third kappa shape index (κ3) is 3.95. The second-order valence-corrected chi connectivity index (χ2v) is 6.19. The van der Waals surface area contributed by atoms with E-state index in [9.17, 15) is 5.11 Å². The molecule has 1 fully saturated rings. The highest BCUT2D eigenvalue weighted by atomic mass is 35.5. The van der Waals surface area contributed by atoms with Crippen LogP contribution in [-0.4, -0.2) is 42.8 Å². The Balaban J connectivity index is 1.90. The molecule has 0 saturated carbocycles. The summed E-state index contributed by atoms with van der Waals surface area (Å²) in [5, 5.41) is 14.0. The van der Waals surface area contributed by atoms with Crippen LogP contribution in [0.5, 0.6) is 0 Å². The van der Waals surface area contributed by atoms with Gasteiger partial charge in [-0.15, -0.1) is 0 Å². The Bertz CT molecular complexity index is 427. The molecule has 1 aromatic carbocycles. The van der Waals surface area contributed by atoms with Crippen molar-refractivity contribution in [2.45, 2.75) is 31.9 Å². The lowest BCUT2D eigenvalue weighted by atomic mass is 9.96. The van der Waals surface area contributed by atoms with Crippen molar-refractivity contribution in [3.63, 3.8) is 0 Å². The smallest absolute Gasteiger partial charge is 0.0590 e. The first-order valence-electron chi connectivity index (χ1n) is 7.44. The Hall–Kier alpha value is -0.610. The van der Waals surface area contributed by atoms with E-state index < -0.39 is 0 Å². The number of rotatable bonds is 5. The molecule has 0 aromatic heterocycles. The quantitative estimate of drug-likeness (QED) is 0.877. The summed E-state index contributed by atoms with van der Waals surface area (Å²) in [6.45, 7) is 5.14. The van der Waals surface area contributed by atoms with E-state index >= 15 is 0 Å². The first kappa shape index (κ1) is 15.8. The number of piperidine rings is 1. The van der Waals surface area contributed by atoms with E-state index in [4.69, 9.17) is 11.6 Å². The van der Waals surface area contributed by atoms with Crippen LogP contribution in [-0.2, 0) is 0 Å². The number of nitrogens with zero attached hydrogens (tertiary/aromatic N) is 1. The molecule has 0 spiro atoms. The topological polar surface area (TPSA) is 35.5 Å². The standard InChI is InChI=1S/C16H25ClN2O/c1-12-11-19(10-8-16(12)20)9-7-15(18-2)13-5-3-4-6-14(13)17/h3-6,12,15-16,18,20H,7-11H2,1-2H3. The van der Waals surface area contributed by atoms with Gasteiger partial charge in [0.1, 0.15) is 0 Å². The molecule has 0 amide bonds. The van der Waals surface area contributed by atoms with Crippen LogP contribution in [0.2, 0.25) is 5.02 Å². The van der Waals surface area contributed by atoms with E-state index in [1.807, 2.05) is 25.2 Å². The fourth-order valence-electron chi connectivity index (χ4n) is 2.95. The zero-order chi connectivity index (χ0) is 14.5. The zero-order valence-corrected chi connectivity index (χ0v) is 13.1. The summed E-state index contributed by atoms with van der Waals surface area (Å²) in [4.78, 5) is 2.44. The van der Waals surface area contributed by atoms with Gasteiger partial charge in [-0.2, -0.15) is 0 Å². The van der Waals surface area contributed by atoms with Gasteiger partial charge in [-0.1, -0.05) is 36.7 Å². The summed E-state index contributed by atoms with van der Waals surface area (Å²) in [7, 11) is 1.98. The van der Waals surface area contributed by atoms with Crippen molar-refractivity contribution in [2.24, 2.45) is 5.92 Å². The van der Waals surface area contributed by atoms with Crippen LogP contribution in [0.15, 0.2) is 24.3 Å². The monoisotopic (exact) mass is 296 g/mol. The van der Waals surface area contributed by atoms with Gasteiger partial charge >= 0.3 is 0 Å². The summed E-state index contributed by atoms with van der Waals surface area (Å²) in [6.07, 6.45) is 1.79. The normalized spacial score (nSPS) is 25.6. The summed E-state index contributed by atoms with van der Waals surface area (Å²) in [6, 6.07) is 8.31. The highest BCUT2D eigenvalue weighted by Gasteiger charge is 2.24. The Morgan fingerprint density at radius 1 is 1.45 bits per heavy atom. The summed E-state index contributed by atoms with van der Waals surface area (Å²) in [5.74, 6) is 0.372. The Kier molecular flexibility index (Phi) is 5.85. The molecule has 3 nitrogen and oxygen atoms in total. The van der Waals surface area contributed by atoms with E-state index in [0.717, 1.165) is 37.5 Å². The highest BCUT2D eigenvalue weighted by molar-refractivity contribution is 6.31. The number of hydrogen-bond acceptors (Lipinski definition) is 3. The summed E-state index contributed by atoms with van der Waals surface area (Å²) in [5.41, 5.74) is 1.17. The van der Waals surface area contributed by atoms with Crippen molar-refractivity contribution in [3.05, 3.63) is 34.9 Å². The van der Waals surface area contributed by atoms with Crippen LogP contribution in [0, 0.1) is 5.92 Å². The number of benzene rings is 1. The number of hydrogen-bond donors (Lipinski definition) is 2. The minimum atomic E-state index is -0.130. The molecule has 1 aliphatic heterocycles. The molecule has 1 aromatic rings. The lowest BCUT2D eigenvalue weighted by Gasteiger charge is -2.35. The molecule has 0 bridgehead atoms. The van der Waals surface area contributed by atoms with E-state index in [0.29, 0.717) is 5.92 Å². The molecule has 2 rings (SSSR count). The second kappa shape index (κ2) is 7.41. The molecular weight excluding hydrogens is 272 g/mol. The van der Waals surface area contributed by atoms with E-state index in [-0.39, 0.29) is 12.1 Å². The highest BCUT2D eigenvalue weighted by Crippen LogP contribution is 2.25. The predicted octanol–water partition coefficient (Wildman–Crippen LogP) is 2.69. The molecule has 1 aliphatic rings. The van der Waals surface area contributed by atoms with Gasteiger partial charge in [-0.3, -0.25) is 0 Å². The van der Waals surface area contributed by atoms with Crippen LogP contribution < -0.4 is 5.32 Å². The van der Waals surface area contributed by atoms with Crippen molar-refractivity contribution in [1.82, 2.24) is 10.2 Å². The Morgan fingerprint density at radius 2 is 2.20 bits per heavy atom. The SMILES string of the molecule is CNC(CCN1CCC(O)C(C)C1)c1ccccc1Cl. The Morgan fingerprint density at radius 3 is 2.85 bits per heavy atom. The van der Waals surface area contributed by atoms with Gasteiger partial charge < -0.3 is 15.3 Å². The van der Waals surface area contributed by atoms with Crippen molar-refractivity contribution in [1.29, 1.82) is 0 Å². The van der Waals surface area contributed by atoms with Gasteiger partial charge in [0.25, 0.3) is 0 Å². The fourth-order valence-corrected chi connectivity index (χ4v) is 3.21. The predicted molar refractivity (Wildman–Crippen MR) is 84.1 cm³/mol. The van der Waals surface area contributed by atoms with E-state index in [1.165, 1.54) is 5.56 Å². The molecule has 0 radical (unpaired) electrons. The van der Waals surface area contributed by atoms with E-state index in [1.54, 1.807) is 0 Å². The average molecular weight is 297 g/mol. The largest absolute Gasteiger partial charge is 0.393 e. The van der Waals surface area contributed by atoms with Crippen LogP contribution >= 0.6 is 11.6 Å². The van der Waals surface area contributed by atoms with Crippen LogP contribution in [0.4, 0.5) is 0 Å². The molecule has 4 heteroatoms. The van der Waals surface area contributed by atoms with Crippen molar-refractivity contribution in [2.75, 3.05) is 26.7 Å². The summed E-state index contributed by atoms with van der Waals surface area (Å²) >= 11 is 6.27. The summed E-state index contributed by atoms with van der Waals surface area (Å²) < 4.78 is 0. The maximum atomic E-state index is 9.78. The molecule has 112 valence electrons. The van der Waals surface area contributed by atoms with Gasteiger partial charge in [0.05, 0.1) is 6.10 Å². The van der Waals surface area contributed by atoms with Crippen molar-refractivity contribution >= 4 is 11.6 Å². The lowest BCUT2D eigenvalue weighted by Crippen LogP contribution is -2.42. The molecule has 20 heavy (non-hydrogen) atoms. The van der Waals surface area contributed by atoms with Gasteiger partial charge in [-0.25, -0.2) is 0 Å². The van der Waals surface area contributed by atoms with Gasteiger partial charge in [0, 0.05) is 24.2 Å². The van der Waals surface area contributed by atoms with Crippen LogP contribution in [0.1, 0.15) is 31.4 Å². The van der Waals surface area contributed by atoms with Crippen LogP contribution in [0.3, 0.4) is 0 Å². The molecular formula is C16H25ClN2O. The third-order valence-electron chi connectivity index (χ3n) is 4.31. The first-order chi connectivity index (χ1) is 9.61. The number of nitrogens with one attached hydrogen (secondary N) is 1. The average Bonchev–Trinajstić information content (AvgIpc) is 2.45. The number of aliphatic hydroxyl groups excluding tert-OH is 1.